The van der Waals surface area contributed by atoms with Crippen LogP contribution in [0.25, 0.3) is 0 Å². The van der Waals surface area contributed by atoms with Crippen molar-refractivity contribution in [3.05, 3.63) is 40.1 Å². The predicted molar refractivity (Wildman–Crippen MR) is 103 cm³/mol. The molecular weight excluding hydrogens is 348 g/mol. The minimum atomic E-state index is -0.0420. The molecular formula is C20H24N2O3S. The van der Waals surface area contributed by atoms with Gasteiger partial charge in [0, 0.05) is 28.1 Å². The van der Waals surface area contributed by atoms with Crippen LogP contribution in [0.3, 0.4) is 0 Å². The first-order valence-electron chi connectivity index (χ1n) is 9.24. The number of hydrogen-bond acceptors (Lipinski definition) is 4. The van der Waals surface area contributed by atoms with Crippen LogP contribution in [0.2, 0.25) is 0 Å². The second kappa shape index (κ2) is 7.58. The van der Waals surface area contributed by atoms with E-state index in [4.69, 9.17) is 9.47 Å². The number of ether oxygens (including phenoxy) is 2. The maximum atomic E-state index is 13.0. The molecule has 0 saturated carbocycles. The molecule has 1 aromatic heterocycles. The summed E-state index contributed by atoms with van der Waals surface area (Å²) in [6, 6.07) is 9.99. The number of nitrogens with one attached hydrogen (secondary N) is 1. The van der Waals surface area contributed by atoms with Gasteiger partial charge in [-0.2, -0.15) is 0 Å². The van der Waals surface area contributed by atoms with Crippen LogP contribution in [0.5, 0.6) is 11.5 Å². The summed E-state index contributed by atoms with van der Waals surface area (Å²) in [7, 11) is 0. The zero-order valence-corrected chi connectivity index (χ0v) is 15.8. The van der Waals surface area contributed by atoms with Crippen LogP contribution in [0.1, 0.15) is 41.5 Å². The Morgan fingerprint density at radius 2 is 1.96 bits per heavy atom. The number of anilines is 1. The van der Waals surface area contributed by atoms with Crippen molar-refractivity contribution in [2.75, 3.05) is 25.1 Å². The Bertz CT molecular complexity index is 789. The van der Waals surface area contributed by atoms with Crippen LogP contribution in [0.15, 0.2) is 30.3 Å². The summed E-state index contributed by atoms with van der Waals surface area (Å²) in [5, 5.41) is 3.05. The van der Waals surface area contributed by atoms with Crippen molar-refractivity contribution >= 4 is 23.1 Å². The topological polar surface area (TPSA) is 50.8 Å². The van der Waals surface area contributed by atoms with E-state index in [2.05, 4.69) is 24.4 Å². The van der Waals surface area contributed by atoms with Crippen molar-refractivity contribution in [2.45, 2.75) is 38.6 Å². The lowest BCUT2D eigenvalue weighted by Crippen LogP contribution is -2.37. The summed E-state index contributed by atoms with van der Waals surface area (Å²) in [6.45, 7) is 4.01. The second-order valence-corrected chi connectivity index (χ2v) is 8.12. The van der Waals surface area contributed by atoms with Crippen molar-refractivity contribution in [1.29, 1.82) is 0 Å². The molecule has 1 N–H and O–H groups in total. The molecule has 2 aliphatic heterocycles. The SMILES string of the molecule is Cc1ccc([C@@H]2CCCCCN2C(=O)Nc2ccc3c(c2)OCCO3)s1. The Kier molecular flexibility index (Phi) is 5.02. The zero-order chi connectivity index (χ0) is 17.9. The molecule has 6 heteroatoms. The summed E-state index contributed by atoms with van der Waals surface area (Å²) >= 11 is 1.79. The Hall–Kier alpha value is -2.21. The molecule has 26 heavy (non-hydrogen) atoms. The summed E-state index contributed by atoms with van der Waals surface area (Å²) < 4.78 is 11.2. The number of thiophene rings is 1. The third kappa shape index (κ3) is 3.65. The minimum absolute atomic E-state index is 0.0420. The maximum Gasteiger partial charge on any atom is 0.322 e. The predicted octanol–water partition coefficient (Wildman–Crippen LogP) is 4.98. The third-order valence-corrected chi connectivity index (χ3v) is 6.00. The Labute approximate surface area is 157 Å². The van der Waals surface area contributed by atoms with Crippen molar-refractivity contribution < 1.29 is 14.3 Å². The van der Waals surface area contributed by atoms with Crippen LogP contribution in [0.4, 0.5) is 10.5 Å². The van der Waals surface area contributed by atoms with Crippen LogP contribution in [-0.4, -0.2) is 30.7 Å². The first kappa shape index (κ1) is 17.2. The van der Waals surface area contributed by atoms with Gasteiger partial charge in [-0.15, -0.1) is 11.3 Å². The van der Waals surface area contributed by atoms with Crippen LogP contribution >= 0.6 is 11.3 Å². The number of aryl methyl sites for hydroxylation is 1. The van der Waals surface area contributed by atoms with Gasteiger partial charge in [0.15, 0.2) is 11.5 Å². The summed E-state index contributed by atoms with van der Waals surface area (Å²) in [5.41, 5.74) is 0.740. The standard InChI is InChI=1S/C20H24N2O3S/c1-14-6-9-19(26-14)16-5-3-2-4-10-22(16)20(23)21-15-7-8-17-18(13-15)25-12-11-24-17/h6-9,13,16H,2-5,10-12H2,1H3,(H,21,23)/t16-/m0/s1. The lowest BCUT2D eigenvalue weighted by atomic mass is 10.1. The lowest BCUT2D eigenvalue weighted by molar-refractivity contribution is 0.171. The molecule has 2 aliphatic rings. The van der Waals surface area contributed by atoms with Gasteiger partial charge >= 0.3 is 6.03 Å². The lowest BCUT2D eigenvalue weighted by Gasteiger charge is -2.29. The van der Waals surface area contributed by atoms with E-state index in [9.17, 15) is 4.79 Å². The highest BCUT2D eigenvalue weighted by Crippen LogP contribution is 2.36. The number of likely N-dealkylation sites (tertiary alicyclic amines) is 1. The highest BCUT2D eigenvalue weighted by Gasteiger charge is 2.28. The van der Waals surface area contributed by atoms with Gasteiger partial charge in [-0.1, -0.05) is 12.8 Å². The fraction of sp³-hybridized carbons (Fsp3) is 0.450. The molecule has 0 unspecified atom stereocenters. The van der Waals surface area contributed by atoms with E-state index >= 15 is 0 Å². The van der Waals surface area contributed by atoms with E-state index in [1.165, 1.54) is 16.2 Å². The van der Waals surface area contributed by atoms with E-state index in [0.717, 1.165) is 37.2 Å². The van der Waals surface area contributed by atoms with E-state index in [0.29, 0.717) is 19.0 Å². The number of carbonyl (C=O) groups excluding carboxylic acids is 1. The Morgan fingerprint density at radius 1 is 1.12 bits per heavy atom. The fourth-order valence-electron chi connectivity index (χ4n) is 3.60. The van der Waals surface area contributed by atoms with E-state index < -0.39 is 0 Å². The molecule has 5 nitrogen and oxygen atoms in total. The Balaban J connectivity index is 1.53. The zero-order valence-electron chi connectivity index (χ0n) is 15.0. The smallest absolute Gasteiger partial charge is 0.322 e. The summed E-state index contributed by atoms with van der Waals surface area (Å²) in [4.78, 5) is 17.6. The molecule has 3 heterocycles. The molecule has 1 aromatic carbocycles. The molecule has 1 atom stereocenters. The average Bonchev–Trinajstić information content (AvgIpc) is 2.93. The number of carbonyl (C=O) groups is 1. The highest BCUT2D eigenvalue weighted by molar-refractivity contribution is 7.12. The molecule has 4 rings (SSSR count). The van der Waals surface area contributed by atoms with Gasteiger partial charge in [0.1, 0.15) is 13.2 Å². The molecule has 0 spiro atoms. The molecule has 2 aromatic rings. The van der Waals surface area contributed by atoms with E-state index in [1.54, 1.807) is 11.3 Å². The number of benzene rings is 1. The quantitative estimate of drug-likeness (QED) is 0.809. The Morgan fingerprint density at radius 3 is 2.77 bits per heavy atom. The van der Waals surface area contributed by atoms with Crippen LogP contribution in [0, 0.1) is 6.92 Å². The fourth-order valence-corrected chi connectivity index (χ4v) is 4.62. The first-order chi connectivity index (χ1) is 12.7. The van der Waals surface area contributed by atoms with Gasteiger partial charge in [0.05, 0.1) is 6.04 Å². The number of rotatable bonds is 2. The molecule has 1 fully saturated rings. The van der Waals surface area contributed by atoms with Gasteiger partial charge in [0.25, 0.3) is 0 Å². The van der Waals surface area contributed by atoms with Crippen molar-refractivity contribution in [3.63, 3.8) is 0 Å². The molecule has 0 radical (unpaired) electrons. The van der Waals surface area contributed by atoms with Gasteiger partial charge in [0.2, 0.25) is 0 Å². The number of amides is 2. The third-order valence-electron chi connectivity index (χ3n) is 4.90. The molecule has 138 valence electrons. The summed E-state index contributed by atoms with van der Waals surface area (Å²) in [5.74, 6) is 1.42. The molecule has 0 aliphatic carbocycles. The molecule has 0 bridgehead atoms. The normalized spacial score (nSPS) is 19.7. The van der Waals surface area contributed by atoms with Gasteiger partial charge in [-0.05, 0) is 44.0 Å². The monoisotopic (exact) mass is 372 g/mol. The highest BCUT2D eigenvalue weighted by atomic mass is 32.1. The van der Waals surface area contributed by atoms with E-state index in [1.807, 2.05) is 23.1 Å². The van der Waals surface area contributed by atoms with Gasteiger partial charge in [-0.3, -0.25) is 0 Å². The maximum absolute atomic E-state index is 13.0. The minimum Gasteiger partial charge on any atom is -0.486 e. The van der Waals surface area contributed by atoms with Gasteiger partial charge in [-0.25, -0.2) is 4.79 Å². The van der Waals surface area contributed by atoms with Crippen molar-refractivity contribution in [1.82, 2.24) is 4.90 Å². The van der Waals surface area contributed by atoms with Crippen molar-refractivity contribution in [3.8, 4) is 11.5 Å². The molecule has 2 amide bonds. The second-order valence-electron chi connectivity index (χ2n) is 6.80. The number of fused-ring (bicyclic) bond motifs is 1. The van der Waals surface area contributed by atoms with Gasteiger partial charge < -0.3 is 19.7 Å². The van der Waals surface area contributed by atoms with Crippen molar-refractivity contribution in [2.24, 2.45) is 0 Å². The molecule has 1 saturated heterocycles. The van der Waals surface area contributed by atoms with Crippen LogP contribution in [-0.2, 0) is 0 Å². The largest absolute Gasteiger partial charge is 0.486 e. The summed E-state index contributed by atoms with van der Waals surface area (Å²) in [6.07, 6.45) is 4.41. The number of hydrogen-bond donors (Lipinski definition) is 1. The number of urea groups is 1. The average molecular weight is 372 g/mol. The van der Waals surface area contributed by atoms with E-state index in [-0.39, 0.29) is 12.1 Å². The first-order valence-corrected chi connectivity index (χ1v) is 10.1. The number of nitrogens with zero attached hydrogens (tertiary/aromatic N) is 1. The van der Waals surface area contributed by atoms with Crippen LogP contribution < -0.4 is 14.8 Å².